The van der Waals surface area contributed by atoms with Gasteiger partial charge in [0.05, 0.1) is 12.1 Å². The Morgan fingerprint density at radius 2 is 1.51 bits per heavy atom. The number of fused-ring (bicyclic) bond motifs is 5. The summed E-state index contributed by atoms with van der Waals surface area (Å²) in [4.78, 5) is 17.4. The second-order valence-electron chi connectivity index (χ2n) is 13.4. The molecule has 194 valence electrons. The molecule has 0 spiro atoms. The van der Waals surface area contributed by atoms with Crippen molar-refractivity contribution in [2.45, 2.75) is 90.3 Å². The van der Waals surface area contributed by atoms with Crippen LogP contribution in [0.15, 0.2) is 30.3 Å². The maximum Gasteiger partial charge on any atom is 0.253 e. The fraction of sp³-hybridized carbons (Fsp3) is 0.774. The molecule has 0 radical (unpaired) electrons. The largest absolute Gasteiger partial charge is 0.391 e. The lowest BCUT2D eigenvalue weighted by atomic mass is 9.44. The van der Waals surface area contributed by atoms with Gasteiger partial charge < -0.3 is 14.9 Å². The molecule has 5 rings (SSSR count). The van der Waals surface area contributed by atoms with E-state index in [-0.39, 0.29) is 17.4 Å². The standard InChI is InChI=1S/C31H48N2O2/c1-20(32(4)5)23-14-15-24-22-12-13-26-28(34)27(33(6)29(35)21-10-8-7-9-11-21)17-19-31(26,3)25(22)16-18-30(23,24)2/h7-11,20,22-28,34H,12-19H2,1-6H3/t20-,22+,23-,24-,25-,26+,27-,28+,30-,31-/m1/s1. The van der Waals surface area contributed by atoms with Crippen molar-refractivity contribution >= 4 is 5.91 Å². The van der Waals surface area contributed by atoms with Crippen LogP contribution in [0, 0.1) is 40.4 Å². The average Bonchev–Trinajstić information content (AvgIpc) is 3.20. The minimum absolute atomic E-state index is 0.0346. The molecular weight excluding hydrogens is 432 g/mol. The van der Waals surface area contributed by atoms with Crippen LogP contribution in [0.2, 0.25) is 0 Å². The molecule has 4 heteroatoms. The quantitative estimate of drug-likeness (QED) is 0.601. The Balaban J connectivity index is 1.33. The monoisotopic (exact) mass is 480 g/mol. The van der Waals surface area contributed by atoms with E-state index in [0.29, 0.717) is 22.9 Å². The van der Waals surface area contributed by atoms with Crippen LogP contribution in [0.25, 0.3) is 0 Å². The van der Waals surface area contributed by atoms with Gasteiger partial charge in [-0.1, -0.05) is 32.0 Å². The number of likely N-dealkylation sites (N-methyl/N-ethyl adjacent to an activating group) is 1. The number of aliphatic hydroxyl groups excluding tert-OH is 1. The molecule has 4 aliphatic rings. The zero-order chi connectivity index (χ0) is 25.1. The number of hydrogen-bond donors (Lipinski definition) is 1. The van der Waals surface area contributed by atoms with Crippen LogP contribution in [0.1, 0.15) is 82.5 Å². The molecule has 0 heterocycles. The lowest BCUT2D eigenvalue weighted by molar-refractivity contribution is -0.160. The Bertz CT molecular complexity index is 918. The number of benzene rings is 1. The molecule has 0 aliphatic heterocycles. The van der Waals surface area contributed by atoms with E-state index >= 15 is 0 Å². The van der Waals surface area contributed by atoms with Crippen molar-refractivity contribution in [3.63, 3.8) is 0 Å². The molecule has 1 aromatic rings. The Kier molecular flexibility index (Phi) is 6.62. The summed E-state index contributed by atoms with van der Waals surface area (Å²) in [5.41, 5.74) is 1.38. The van der Waals surface area contributed by atoms with Gasteiger partial charge in [0.15, 0.2) is 0 Å². The summed E-state index contributed by atoms with van der Waals surface area (Å²) in [6, 6.07) is 10.1. The van der Waals surface area contributed by atoms with Gasteiger partial charge in [-0.15, -0.1) is 0 Å². The van der Waals surface area contributed by atoms with Crippen molar-refractivity contribution in [1.82, 2.24) is 9.80 Å². The second kappa shape index (κ2) is 9.17. The molecule has 4 fully saturated rings. The molecule has 0 unspecified atom stereocenters. The summed E-state index contributed by atoms with van der Waals surface area (Å²) in [6.45, 7) is 7.56. The van der Waals surface area contributed by atoms with Gasteiger partial charge >= 0.3 is 0 Å². The van der Waals surface area contributed by atoms with Crippen LogP contribution in [0.3, 0.4) is 0 Å². The van der Waals surface area contributed by atoms with Gasteiger partial charge in [-0.3, -0.25) is 4.79 Å². The van der Waals surface area contributed by atoms with Crippen molar-refractivity contribution in [2.24, 2.45) is 40.4 Å². The molecule has 1 amide bonds. The summed E-state index contributed by atoms with van der Waals surface area (Å²) in [5, 5.41) is 11.7. The summed E-state index contributed by atoms with van der Waals surface area (Å²) in [7, 11) is 6.39. The minimum Gasteiger partial charge on any atom is -0.391 e. The normalized spacial score (nSPS) is 43.7. The van der Waals surface area contributed by atoms with E-state index in [9.17, 15) is 9.90 Å². The third-order valence-electron chi connectivity index (χ3n) is 12.0. The second-order valence-corrected chi connectivity index (χ2v) is 13.4. The Morgan fingerprint density at radius 3 is 2.20 bits per heavy atom. The summed E-state index contributed by atoms with van der Waals surface area (Å²) < 4.78 is 0. The average molecular weight is 481 g/mol. The van der Waals surface area contributed by atoms with Crippen molar-refractivity contribution in [3.05, 3.63) is 35.9 Å². The fourth-order valence-corrected chi connectivity index (χ4v) is 9.87. The lowest BCUT2D eigenvalue weighted by Crippen LogP contribution is -2.61. The Hall–Kier alpha value is -1.39. The molecule has 10 atom stereocenters. The van der Waals surface area contributed by atoms with E-state index in [1.165, 1.54) is 32.1 Å². The molecule has 4 saturated carbocycles. The number of amides is 1. The van der Waals surface area contributed by atoms with E-state index in [1.807, 2.05) is 42.3 Å². The highest BCUT2D eigenvalue weighted by Gasteiger charge is 2.62. The molecule has 1 N–H and O–H groups in total. The van der Waals surface area contributed by atoms with E-state index in [4.69, 9.17) is 0 Å². The van der Waals surface area contributed by atoms with Gasteiger partial charge in [-0.05, 0) is 125 Å². The topological polar surface area (TPSA) is 43.8 Å². The zero-order valence-electron chi connectivity index (χ0n) is 22.9. The van der Waals surface area contributed by atoms with Crippen LogP contribution >= 0.6 is 0 Å². The van der Waals surface area contributed by atoms with Crippen LogP contribution in [-0.4, -0.2) is 60.1 Å². The maximum absolute atomic E-state index is 13.2. The molecule has 35 heavy (non-hydrogen) atoms. The summed E-state index contributed by atoms with van der Waals surface area (Å²) >= 11 is 0. The van der Waals surface area contributed by atoms with E-state index < -0.39 is 6.10 Å². The Labute approximate surface area is 213 Å². The van der Waals surface area contributed by atoms with Crippen molar-refractivity contribution < 1.29 is 9.90 Å². The molecule has 4 aliphatic carbocycles. The van der Waals surface area contributed by atoms with Crippen LogP contribution in [0.4, 0.5) is 0 Å². The van der Waals surface area contributed by atoms with Crippen molar-refractivity contribution in [1.29, 1.82) is 0 Å². The Morgan fingerprint density at radius 1 is 0.886 bits per heavy atom. The third-order valence-corrected chi connectivity index (χ3v) is 12.0. The summed E-state index contributed by atoms with van der Waals surface area (Å²) in [6.07, 6.45) is 9.42. The van der Waals surface area contributed by atoms with E-state index in [0.717, 1.165) is 42.9 Å². The first-order valence-electron chi connectivity index (χ1n) is 14.3. The van der Waals surface area contributed by atoms with E-state index in [2.05, 4.69) is 39.8 Å². The van der Waals surface area contributed by atoms with Crippen LogP contribution in [-0.2, 0) is 0 Å². The predicted molar refractivity (Wildman–Crippen MR) is 142 cm³/mol. The SMILES string of the molecule is C[C@H]([C@H]1CC[C@@H]2[C@@H]3CC[C@H]4[C@H](O)[C@H](N(C)C(=O)c5ccccc5)CC[C@]4(C)[C@@H]3CC[C@@]21C)N(C)C. The fourth-order valence-electron chi connectivity index (χ4n) is 9.87. The van der Waals surface area contributed by atoms with Crippen LogP contribution in [0.5, 0.6) is 0 Å². The first kappa shape index (κ1) is 25.3. The van der Waals surface area contributed by atoms with Gasteiger partial charge in [-0.2, -0.15) is 0 Å². The zero-order valence-corrected chi connectivity index (χ0v) is 22.9. The smallest absolute Gasteiger partial charge is 0.253 e. The lowest BCUT2D eigenvalue weighted by Gasteiger charge is -2.63. The maximum atomic E-state index is 13.2. The number of carbonyl (C=O) groups excluding carboxylic acids is 1. The molecule has 4 nitrogen and oxygen atoms in total. The first-order valence-corrected chi connectivity index (χ1v) is 14.3. The first-order chi connectivity index (χ1) is 16.6. The number of nitrogens with zero attached hydrogens (tertiary/aromatic N) is 2. The number of rotatable bonds is 4. The highest BCUT2D eigenvalue weighted by atomic mass is 16.3. The molecule has 0 saturated heterocycles. The van der Waals surface area contributed by atoms with Crippen LogP contribution < -0.4 is 0 Å². The van der Waals surface area contributed by atoms with Gasteiger partial charge in [-0.25, -0.2) is 0 Å². The van der Waals surface area contributed by atoms with Gasteiger partial charge in [0, 0.05) is 18.7 Å². The third kappa shape index (κ3) is 3.89. The highest BCUT2D eigenvalue weighted by Crippen LogP contribution is 2.68. The van der Waals surface area contributed by atoms with Crippen molar-refractivity contribution in [2.75, 3.05) is 21.1 Å². The van der Waals surface area contributed by atoms with Gasteiger partial charge in [0.25, 0.3) is 5.91 Å². The predicted octanol–water partition coefficient (Wildman–Crippen LogP) is 5.71. The van der Waals surface area contributed by atoms with Gasteiger partial charge in [0.1, 0.15) is 0 Å². The summed E-state index contributed by atoms with van der Waals surface area (Å²) in [5.74, 6) is 3.50. The molecule has 1 aromatic carbocycles. The van der Waals surface area contributed by atoms with E-state index in [1.54, 1.807) is 0 Å². The van der Waals surface area contributed by atoms with Gasteiger partial charge in [0.2, 0.25) is 0 Å². The molecular formula is C31H48N2O2. The number of aliphatic hydroxyl groups is 1. The molecule has 0 aromatic heterocycles. The molecule has 0 bridgehead atoms. The minimum atomic E-state index is -0.425. The highest BCUT2D eigenvalue weighted by molar-refractivity contribution is 5.94. The number of hydrogen-bond acceptors (Lipinski definition) is 3. The van der Waals surface area contributed by atoms with Crippen molar-refractivity contribution in [3.8, 4) is 0 Å². The number of carbonyl (C=O) groups is 1.